The molecule has 1 aromatic heterocycles. The number of H-pyrrole nitrogens is 1. The van der Waals surface area contributed by atoms with Gasteiger partial charge < -0.3 is 10.5 Å². The Morgan fingerprint density at radius 1 is 1.47 bits per heavy atom. The van der Waals surface area contributed by atoms with Gasteiger partial charge in [-0.2, -0.15) is 5.10 Å². The summed E-state index contributed by atoms with van der Waals surface area (Å²) in [5, 5.41) is 6.91. The van der Waals surface area contributed by atoms with E-state index < -0.39 is 0 Å². The first-order chi connectivity index (χ1) is 8.26. The number of benzene rings is 1. The first-order valence-electron chi connectivity index (χ1n) is 5.33. The number of aromatic amines is 1. The van der Waals surface area contributed by atoms with E-state index in [1.54, 1.807) is 18.2 Å². The van der Waals surface area contributed by atoms with Crippen LogP contribution >= 0.6 is 0 Å². The Labute approximate surface area is 98.6 Å². The van der Waals surface area contributed by atoms with E-state index in [1.165, 1.54) is 13.2 Å². The van der Waals surface area contributed by atoms with Crippen molar-refractivity contribution in [3.8, 4) is 17.0 Å². The smallest absolute Gasteiger partial charge is 0.136 e. The van der Waals surface area contributed by atoms with Gasteiger partial charge in [0.2, 0.25) is 0 Å². The molecule has 5 heteroatoms. The number of methoxy groups -OCH3 is 1. The number of ether oxygens (including phenoxy) is 1. The summed E-state index contributed by atoms with van der Waals surface area (Å²) in [4.78, 5) is 0. The van der Waals surface area contributed by atoms with Gasteiger partial charge in [-0.15, -0.1) is 0 Å². The molecule has 0 amide bonds. The van der Waals surface area contributed by atoms with Crippen LogP contribution in [0.4, 0.5) is 4.39 Å². The zero-order valence-electron chi connectivity index (χ0n) is 9.53. The van der Waals surface area contributed by atoms with Crippen molar-refractivity contribution in [3.05, 3.63) is 35.8 Å². The van der Waals surface area contributed by atoms with E-state index in [0.29, 0.717) is 30.0 Å². The van der Waals surface area contributed by atoms with Crippen LogP contribution < -0.4 is 10.5 Å². The average molecular weight is 235 g/mol. The number of halogens is 1. The van der Waals surface area contributed by atoms with Crippen LogP contribution in [-0.2, 0) is 6.42 Å². The highest BCUT2D eigenvalue weighted by molar-refractivity contribution is 5.68. The Morgan fingerprint density at radius 2 is 2.29 bits per heavy atom. The third-order valence-electron chi connectivity index (χ3n) is 2.50. The summed E-state index contributed by atoms with van der Waals surface area (Å²) in [7, 11) is 1.51. The zero-order valence-corrected chi connectivity index (χ0v) is 9.53. The Bertz CT molecular complexity index is 510. The lowest BCUT2D eigenvalue weighted by Gasteiger charge is -2.06. The number of hydrogen-bond acceptors (Lipinski definition) is 3. The van der Waals surface area contributed by atoms with Crippen molar-refractivity contribution in [3.63, 3.8) is 0 Å². The summed E-state index contributed by atoms with van der Waals surface area (Å²) in [6.45, 7) is 0.524. The fraction of sp³-hybridized carbons (Fsp3) is 0.250. The van der Waals surface area contributed by atoms with Crippen molar-refractivity contribution in [2.45, 2.75) is 6.42 Å². The molecule has 2 rings (SSSR count). The van der Waals surface area contributed by atoms with E-state index in [1.807, 2.05) is 0 Å². The number of hydrogen-bond donors (Lipinski definition) is 2. The normalized spacial score (nSPS) is 10.5. The quantitative estimate of drug-likeness (QED) is 0.848. The molecule has 0 spiro atoms. The van der Waals surface area contributed by atoms with Gasteiger partial charge in [0.15, 0.2) is 0 Å². The minimum Gasteiger partial charge on any atom is -0.496 e. The molecule has 0 fully saturated rings. The maximum absolute atomic E-state index is 13.8. The summed E-state index contributed by atoms with van der Waals surface area (Å²) in [5.74, 6) is 0.117. The van der Waals surface area contributed by atoms with Crippen LogP contribution in [-0.4, -0.2) is 23.9 Å². The van der Waals surface area contributed by atoms with Gasteiger partial charge >= 0.3 is 0 Å². The van der Waals surface area contributed by atoms with Crippen LogP contribution in [0.1, 0.15) is 5.69 Å². The molecule has 0 saturated carbocycles. The molecule has 0 bridgehead atoms. The summed E-state index contributed by atoms with van der Waals surface area (Å²) >= 11 is 0. The van der Waals surface area contributed by atoms with E-state index >= 15 is 0 Å². The largest absolute Gasteiger partial charge is 0.496 e. The van der Waals surface area contributed by atoms with Crippen LogP contribution in [0.25, 0.3) is 11.3 Å². The second kappa shape index (κ2) is 4.97. The maximum atomic E-state index is 13.8. The topological polar surface area (TPSA) is 63.9 Å². The molecule has 0 saturated heterocycles. The molecule has 4 nitrogen and oxygen atoms in total. The van der Waals surface area contributed by atoms with Crippen molar-refractivity contribution >= 4 is 0 Å². The second-order valence-corrected chi connectivity index (χ2v) is 3.63. The average Bonchev–Trinajstić information content (AvgIpc) is 2.77. The van der Waals surface area contributed by atoms with E-state index in [4.69, 9.17) is 10.5 Å². The van der Waals surface area contributed by atoms with Crippen molar-refractivity contribution in [1.82, 2.24) is 10.2 Å². The molecule has 0 aliphatic rings. The predicted molar refractivity (Wildman–Crippen MR) is 63.3 cm³/mol. The Morgan fingerprint density at radius 3 is 3.00 bits per heavy atom. The zero-order chi connectivity index (χ0) is 12.3. The Hall–Kier alpha value is -1.88. The third kappa shape index (κ3) is 2.29. The molecule has 0 aliphatic heterocycles. The van der Waals surface area contributed by atoms with Crippen LogP contribution in [0.5, 0.6) is 5.75 Å². The Balaban J connectivity index is 2.44. The lowest BCUT2D eigenvalue weighted by atomic mass is 10.1. The van der Waals surface area contributed by atoms with Crippen molar-refractivity contribution in [1.29, 1.82) is 0 Å². The van der Waals surface area contributed by atoms with Gasteiger partial charge in [0.05, 0.1) is 18.4 Å². The highest BCUT2D eigenvalue weighted by Gasteiger charge is 2.14. The highest BCUT2D eigenvalue weighted by atomic mass is 19.1. The fourth-order valence-corrected chi connectivity index (χ4v) is 1.70. The summed E-state index contributed by atoms with van der Waals surface area (Å²) in [6.07, 6.45) is 0.684. The van der Waals surface area contributed by atoms with Crippen molar-refractivity contribution in [2.24, 2.45) is 5.73 Å². The van der Waals surface area contributed by atoms with E-state index in [-0.39, 0.29) is 5.82 Å². The van der Waals surface area contributed by atoms with Gasteiger partial charge in [-0.3, -0.25) is 5.10 Å². The molecule has 0 atom stereocenters. The summed E-state index contributed by atoms with van der Waals surface area (Å²) in [5.41, 5.74) is 7.23. The number of rotatable bonds is 4. The number of aromatic nitrogens is 2. The molecule has 2 aromatic rings. The number of nitrogens with one attached hydrogen (secondary N) is 1. The lowest BCUT2D eigenvalue weighted by molar-refractivity contribution is 0.413. The van der Waals surface area contributed by atoms with E-state index in [0.717, 1.165) is 5.69 Å². The minimum atomic E-state index is -0.352. The SMILES string of the molecule is COc1cccc(F)c1-c1cc(CCN)[nH]n1. The van der Waals surface area contributed by atoms with Gasteiger partial charge in [-0.25, -0.2) is 4.39 Å². The Kier molecular flexibility index (Phi) is 3.39. The molecule has 0 radical (unpaired) electrons. The lowest BCUT2D eigenvalue weighted by Crippen LogP contribution is -2.02. The maximum Gasteiger partial charge on any atom is 0.136 e. The van der Waals surface area contributed by atoms with Gasteiger partial charge in [0.25, 0.3) is 0 Å². The summed E-state index contributed by atoms with van der Waals surface area (Å²) in [6, 6.07) is 6.48. The predicted octanol–water partition coefficient (Wildman–Crippen LogP) is 1.73. The van der Waals surface area contributed by atoms with Gasteiger partial charge in [0.1, 0.15) is 11.6 Å². The second-order valence-electron chi connectivity index (χ2n) is 3.63. The molecule has 1 aromatic carbocycles. The first kappa shape index (κ1) is 11.6. The summed E-state index contributed by atoms with van der Waals surface area (Å²) < 4.78 is 18.9. The molecular formula is C12H14FN3O. The third-order valence-corrected chi connectivity index (χ3v) is 2.50. The van der Waals surface area contributed by atoms with Gasteiger partial charge in [-0.05, 0) is 24.7 Å². The van der Waals surface area contributed by atoms with Crippen molar-refractivity contribution in [2.75, 3.05) is 13.7 Å². The molecule has 3 N–H and O–H groups in total. The van der Waals surface area contributed by atoms with E-state index in [9.17, 15) is 4.39 Å². The van der Waals surface area contributed by atoms with Crippen LogP contribution in [0.3, 0.4) is 0 Å². The highest BCUT2D eigenvalue weighted by Crippen LogP contribution is 2.31. The van der Waals surface area contributed by atoms with Crippen molar-refractivity contribution < 1.29 is 9.13 Å². The molecule has 0 unspecified atom stereocenters. The molecular weight excluding hydrogens is 221 g/mol. The van der Waals surface area contributed by atoms with Crippen LogP contribution in [0.2, 0.25) is 0 Å². The monoisotopic (exact) mass is 235 g/mol. The molecule has 0 aliphatic carbocycles. The van der Waals surface area contributed by atoms with E-state index in [2.05, 4.69) is 10.2 Å². The molecule has 17 heavy (non-hydrogen) atoms. The van der Waals surface area contributed by atoms with Gasteiger partial charge in [0, 0.05) is 12.1 Å². The standard InChI is InChI=1S/C12H14FN3O/c1-17-11-4-2-3-9(13)12(11)10-7-8(5-6-14)15-16-10/h2-4,7H,5-6,14H2,1H3,(H,15,16). The first-order valence-corrected chi connectivity index (χ1v) is 5.33. The molecule has 1 heterocycles. The fourth-order valence-electron chi connectivity index (χ4n) is 1.70. The van der Waals surface area contributed by atoms with Crippen LogP contribution in [0.15, 0.2) is 24.3 Å². The van der Waals surface area contributed by atoms with Gasteiger partial charge in [-0.1, -0.05) is 6.07 Å². The number of nitrogens with two attached hydrogens (primary N) is 1. The minimum absolute atomic E-state index is 0.352. The number of nitrogens with zero attached hydrogens (tertiary/aromatic N) is 1. The molecule has 90 valence electrons. The van der Waals surface area contributed by atoms with Crippen LogP contribution in [0, 0.1) is 5.82 Å².